The normalized spacial score (nSPS) is 11.0. The molecule has 8 heteroatoms. The van der Waals surface area contributed by atoms with E-state index in [1.165, 1.54) is 0 Å². The number of nitrogens with zero attached hydrogens (tertiary/aromatic N) is 8. The summed E-state index contributed by atoms with van der Waals surface area (Å²) in [7, 11) is 0. The molecule has 0 saturated carbocycles. The third-order valence-electron chi connectivity index (χ3n) is 12.2. The van der Waals surface area contributed by atoms with Crippen LogP contribution in [-0.2, 0) is 0 Å². The molecule has 0 aliphatic carbocycles. The van der Waals surface area contributed by atoms with Gasteiger partial charge in [0.15, 0.2) is 0 Å². The highest BCUT2D eigenvalue weighted by Gasteiger charge is 2.25. The van der Waals surface area contributed by atoms with E-state index < -0.39 is 0 Å². The lowest BCUT2D eigenvalue weighted by Crippen LogP contribution is -2.06. The third-order valence-corrected chi connectivity index (χ3v) is 12.2. The predicted molar refractivity (Wildman–Crippen MR) is 258 cm³/mol. The quantitative estimate of drug-likeness (QED) is 0.163. The van der Waals surface area contributed by atoms with E-state index in [0.29, 0.717) is 33.5 Å². The molecule has 3 aromatic heterocycles. The van der Waals surface area contributed by atoms with Gasteiger partial charge in [0.05, 0.1) is 103 Å². The summed E-state index contributed by atoms with van der Waals surface area (Å²) in [5, 5.41) is 54.5. The molecule has 11 rings (SSSR count). The average Bonchev–Trinajstić information content (AvgIpc) is 3.90. The second-order valence-corrected chi connectivity index (χ2v) is 16.0. The van der Waals surface area contributed by atoms with E-state index in [4.69, 9.17) is 4.98 Å². The lowest BCUT2D eigenvalue weighted by atomic mass is 9.98. The summed E-state index contributed by atoms with van der Waals surface area (Å²) in [4.78, 5) is 5.40. The molecule has 0 aliphatic heterocycles. The molecular weight excluding hydrogens is 809 g/mol. The number of rotatable bonds is 6. The largest absolute Gasteiger partial charge is 0.308 e. The van der Waals surface area contributed by atoms with Crippen molar-refractivity contribution in [3.63, 3.8) is 0 Å². The lowest BCUT2D eigenvalue weighted by Gasteiger charge is -2.21. The molecule has 0 radical (unpaired) electrons. The molecule has 0 N–H and O–H groups in total. The topological polar surface area (TPSA) is 142 Å². The first-order valence-corrected chi connectivity index (χ1v) is 21.1. The molecule has 8 nitrogen and oxygen atoms in total. The zero-order chi connectivity index (χ0) is 44.9. The van der Waals surface area contributed by atoms with Gasteiger partial charge in [-0.3, -0.25) is 0 Å². The molecule has 0 aliphatic rings. The Bertz CT molecular complexity index is 3780. The Kier molecular flexibility index (Phi) is 9.24. The second-order valence-electron chi connectivity index (χ2n) is 16.0. The van der Waals surface area contributed by atoms with Crippen LogP contribution in [0.5, 0.6) is 0 Å². The van der Waals surface area contributed by atoms with E-state index in [2.05, 4.69) is 88.0 Å². The SMILES string of the molecule is N#Cc1cc(C#N)cc(-c2ccc3c4ccccc4n(-c4cc(C#N)cc(-n5c6ccccc6c6ccc(-c7cc(C#N)cc(C#N)c7)cc65)c4-c4cccc(-c5ccccc5)n4)c3c2)c1. The van der Waals surface area contributed by atoms with Gasteiger partial charge in [-0.25, -0.2) is 4.98 Å². The van der Waals surface area contributed by atoms with Crippen molar-refractivity contribution in [1.29, 1.82) is 26.3 Å². The van der Waals surface area contributed by atoms with Gasteiger partial charge >= 0.3 is 0 Å². The van der Waals surface area contributed by atoms with E-state index in [1.54, 1.807) is 36.4 Å². The van der Waals surface area contributed by atoms with Crippen LogP contribution in [0, 0.1) is 56.7 Å². The molecule has 66 heavy (non-hydrogen) atoms. The number of pyridine rings is 1. The molecular formula is C58H30N8. The number of hydrogen-bond acceptors (Lipinski definition) is 6. The fourth-order valence-corrected chi connectivity index (χ4v) is 9.30. The van der Waals surface area contributed by atoms with Gasteiger partial charge in [0, 0.05) is 32.7 Å². The highest BCUT2D eigenvalue weighted by Crippen LogP contribution is 2.44. The van der Waals surface area contributed by atoms with Crippen molar-refractivity contribution < 1.29 is 0 Å². The fraction of sp³-hybridized carbons (Fsp3) is 0. The minimum Gasteiger partial charge on any atom is -0.308 e. The molecule has 0 spiro atoms. The molecule has 0 amide bonds. The maximum Gasteiger partial charge on any atom is 0.0993 e. The zero-order valence-corrected chi connectivity index (χ0v) is 34.9. The summed E-state index contributed by atoms with van der Waals surface area (Å²) < 4.78 is 4.39. The van der Waals surface area contributed by atoms with Gasteiger partial charge in [-0.1, -0.05) is 97.1 Å². The van der Waals surface area contributed by atoms with Crippen molar-refractivity contribution in [3.8, 4) is 86.5 Å². The van der Waals surface area contributed by atoms with Crippen molar-refractivity contribution in [1.82, 2.24) is 14.1 Å². The Morgan fingerprint density at radius 3 is 1.18 bits per heavy atom. The maximum absolute atomic E-state index is 11.0. The second kappa shape index (κ2) is 15.7. The van der Waals surface area contributed by atoms with E-state index in [9.17, 15) is 26.3 Å². The van der Waals surface area contributed by atoms with Crippen molar-refractivity contribution in [2.75, 3.05) is 0 Å². The monoisotopic (exact) mass is 838 g/mol. The molecule has 302 valence electrons. The van der Waals surface area contributed by atoms with Gasteiger partial charge in [-0.2, -0.15) is 26.3 Å². The molecule has 0 bridgehead atoms. The summed E-state index contributed by atoms with van der Waals surface area (Å²) in [6.45, 7) is 0. The highest BCUT2D eigenvalue weighted by molar-refractivity contribution is 6.13. The van der Waals surface area contributed by atoms with Crippen LogP contribution in [-0.4, -0.2) is 14.1 Å². The smallest absolute Gasteiger partial charge is 0.0993 e. The molecule has 11 aromatic rings. The molecule has 0 fully saturated rings. The van der Waals surface area contributed by atoms with Crippen LogP contribution in [0.25, 0.3) is 99.8 Å². The fourth-order valence-electron chi connectivity index (χ4n) is 9.30. The molecule has 0 atom stereocenters. The Hall–Kier alpha value is -10.0. The Balaban J connectivity index is 1.28. The highest BCUT2D eigenvalue weighted by atomic mass is 15.0. The molecule has 0 saturated heterocycles. The Morgan fingerprint density at radius 2 is 0.712 bits per heavy atom. The Labute approximate surface area is 378 Å². The summed E-state index contributed by atoms with van der Waals surface area (Å²) in [5.74, 6) is 0. The predicted octanol–water partition coefficient (Wildman–Crippen LogP) is 13.3. The summed E-state index contributed by atoms with van der Waals surface area (Å²) in [5.41, 5.74) is 13.2. The van der Waals surface area contributed by atoms with Crippen LogP contribution in [0.2, 0.25) is 0 Å². The number of aromatic nitrogens is 3. The van der Waals surface area contributed by atoms with Gasteiger partial charge < -0.3 is 9.13 Å². The lowest BCUT2D eigenvalue weighted by molar-refractivity contribution is 1.12. The van der Waals surface area contributed by atoms with Crippen molar-refractivity contribution in [2.24, 2.45) is 0 Å². The van der Waals surface area contributed by atoms with Gasteiger partial charge in [0.1, 0.15) is 0 Å². The van der Waals surface area contributed by atoms with Crippen LogP contribution < -0.4 is 0 Å². The van der Waals surface area contributed by atoms with Gasteiger partial charge in [0.2, 0.25) is 0 Å². The van der Waals surface area contributed by atoms with E-state index in [0.717, 1.165) is 94.1 Å². The van der Waals surface area contributed by atoms with Gasteiger partial charge in [-0.05, 0) is 107 Å². The molecule has 3 heterocycles. The van der Waals surface area contributed by atoms with E-state index in [1.807, 2.05) is 97.1 Å². The first kappa shape index (κ1) is 38.9. The number of fused-ring (bicyclic) bond motifs is 6. The average molecular weight is 839 g/mol. The number of para-hydroxylation sites is 2. The first-order chi connectivity index (χ1) is 32.5. The summed E-state index contributed by atoms with van der Waals surface area (Å²) >= 11 is 0. The van der Waals surface area contributed by atoms with Crippen molar-refractivity contribution in [2.45, 2.75) is 0 Å². The van der Waals surface area contributed by atoms with Crippen LogP contribution in [0.15, 0.2) is 182 Å². The van der Waals surface area contributed by atoms with Gasteiger partial charge in [-0.15, -0.1) is 0 Å². The minimum absolute atomic E-state index is 0.389. The molecule has 0 unspecified atom stereocenters. The maximum atomic E-state index is 11.0. The van der Waals surface area contributed by atoms with Crippen LogP contribution in [0.1, 0.15) is 27.8 Å². The van der Waals surface area contributed by atoms with Crippen molar-refractivity contribution in [3.05, 3.63) is 210 Å². The standard InChI is InChI=1S/C58H30N8/c59-31-36-21-37(32-60)24-44(23-36)42-17-19-48-46-11-4-6-15-52(46)65(54(48)29-42)56-27-40(35-63)28-57(58(56)51-14-8-13-50(64-51)41-9-2-1-3-10-41)66-53-16-7-5-12-47(53)49-20-18-43(30-55(49)66)45-25-38(33-61)22-39(26-45)34-62/h1-30H. The van der Waals surface area contributed by atoms with Crippen molar-refractivity contribution >= 4 is 43.6 Å². The number of benzene rings is 8. The first-order valence-electron chi connectivity index (χ1n) is 21.1. The summed E-state index contributed by atoms with van der Waals surface area (Å²) in [6, 6.07) is 70.3. The number of nitriles is 5. The summed E-state index contributed by atoms with van der Waals surface area (Å²) in [6.07, 6.45) is 0. The van der Waals surface area contributed by atoms with E-state index >= 15 is 0 Å². The van der Waals surface area contributed by atoms with Crippen LogP contribution in [0.3, 0.4) is 0 Å². The van der Waals surface area contributed by atoms with Gasteiger partial charge in [0.25, 0.3) is 0 Å². The van der Waals surface area contributed by atoms with Crippen LogP contribution >= 0.6 is 0 Å². The molecule has 8 aromatic carbocycles. The van der Waals surface area contributed by atoms with E-state index in [-0.39, 0.29) is 0 Å². The minimum atomic E-state index is 0.389. The third kappa shape index (κ3) is 6.38. The zero-order valence-electron chi connectivity index (χ0n) is 34.9. The Morgan fingerprint density at radius 1 is 0.303 bits per heavy atom. The van der Waals surface area contributed by atoms with Crippen LogP contribution in [0.4, 0.5) is 0 Å². The number of hydrogen-bond donors (Lipinski definition) is 0.